The predicted molar refractivity (Wildman–Crippen MR) is 99.5 cm³/mol. The average molecular weight is 332 g/mol. The van der Waals surface area contributed by atoms with E-state index in [2.05, 4.69) is 37.8 Å². The number of carbonyl (C=O) groups excluding carboxylic acids is 1. The number of hydrogen-bond donors (Lipinski definition) is 0. The van der Waals surface area contributed by atoms with Gasteiger partial charge in [-0.2, -0.15) is 0 Å². The number of ether oxygens (including phenoxy) is 1. The lowest BCUT2D eigenvalue weighted by atomic mass is 9.68. The van der Waals surface area contributed by atoms with Gasteiger partial charge in [-0.1, -0.05) is 52.2 Å². The smallest absolute Gasteiger partial charge is 0.308 e. The van der Waals surface area contributed by atoms with Crippen LogP contribution in [0.1, 0.15) is 65.4 Å². The molecule has 0 spiro atoms. The van der Waals surface area contributed by atoms with Gasteiger partial charge in [0.05, 0.1) is 0 Å². The van der Waals surface area contributed by atoms with E-state index in [9.17, 15) is 4.79 Å². The van der Waals surface area contributed by atoms with Gasteiger partial charge < -0.3 is 9.64 Å². The second-order valence-corrected chi connectivity index (χ2v) is 7.55. The number of esters is 1. The molecular formula is C21H33NO2. The Hall–Kier alpha value is -1.35. The Bertz CT molecular complexity index is 542. The van der Waals surface area contributed by atoms with Gasteiger partial charge in [0.15, 0.2) is 0 Å². The zero-order valence-electron chi connectivity index (χ0n) is 15.8. The molecule has 2 unspecified atom stereocenters. The van der Waals surface area contributed by atoms with Crippen LogP contribution in [0.2, 0.25) is 0 Å². The lowest BCUT2D eigenvalue weighted by Gasteiger charge is -2.45. The highest BCUT2D eigenvalue weighted by molar-refractivity contribution is 5.69. The second kappa shape index (κ2) is 8.66. The molecule has 1 heterocycles. The van der Waals surface area contributed by atoms with Crippen LogP contribution >= 0.6 is 0 Å². The maximum atomic E-state index is 11.2. The molecule has 0 N–H and O–H groups in total. The molecular weight excluding hydrogens is 298 g/mol. The van der Waals surface area contributed by atoms with Crippen molar-refractivity contribution < 1.29 is 9.53 Å². The fraction of sp³-hybridized carbons (Fsp3) is 0.667. The van der Waals surface area contributed by atoms with Crippen LogP contribution < -0.4 is 4.74 Å². The highest BCUT2D eigenvalue weighted by atomic mass is 16.5. The first-order valence-electron chi connectivity index (χ1n) is 9.47. The molecule has 0 bridgehead atoms. The van der Waals surface area contributed by atoms with Crippen molar-refractivity contribution in [3.05, 3.63) is 29.8 Å². The van der Waals surface area contributed by atoms with Crippen molar-refractivity contribution in [3.63, 3.8) is 0 Å². The number of likely N-dealkylation sites (tertiary alicyclic amines) is 1. The molecule has 0 aromatic heterocycles. The SMILES string of the molecule is CCCCCCN1CCC(C)(c2cccc(OC(C)=O)c2)C(C)C1. The lowest BCUT2D eigenvalue weighted by molar-refractivity contribution is -0.131. The minimum Gasteiger partial charge on any atom is -0.427 e. The summed E-state index contributed by atoms with van der Waals surface area (Å²) in [5.41, 5.74) is 1.44. The van der Waals surface area contributed by atoms with Crippen LogP contribution in [0.5, 0.6) is 5.75 Å². The number of nitrogens with zero attached hydrogens (tertiary/aromatic N) is 1. The van der Waals surface area contributed by atoms with Crippen molar-refractivity contribution in [1.29, 1.82) is 0 Å². The first kappa shape index (κ1) is 19.0. The Morgan fingerprint density at radius 1 is 1.33 bits per heavy atom. The third kappa shape index (κ3) is 4.83. The molecule has 3 nitrogen and oxygen atoms in total. The van der Waals surface area contributed by atoms with Gasteiger partial charge in [0.25, 0.3) is 0 Å². The Balaban J connectivity index is 1.99. The Labute approximate surface area is 147 Å². The largest absolute Gasteiger partial charge is 0.427 e. The summed E-state index contributed by atoms with van der Waals surface area (Å²) >= 11 is 0. The van der Waals surface area contributed by atoms with Crippen LogP contribution in [-0.2, 0) is 10.2 Å². The zero-order valence-corrected chi connectivity index (χ0v) is 15.8. The van der Waals surface area contributed by atoms with Crippen LogP contribution in [-0.4, -0.2) is 30.5 Å². The van der Waals surface area contributed by atoms with E-state index in [0.29, 0.717) is 11.7 Å². The quantitative estimate of drug-likeness (QED) is 0.409. The molecule has 24 heavy (non-hydrogen) atoms. The summed E-state index contributed by atoms with van der Waals surface area (Å²) in [6.45, 7) is 12.0. The summed E-state index contributed by atoms with van der Waals surface area (Å²) < 4.78 is 5.27. The number of carbonyl (C=O) groups is 1. The Morgan fingerprint density at radius 3 is 2.79 bits per heavy atom. The number of rotatable bonds is 7. The molecule has 0 saturated carbocycles. The number of unbranched alkanes of at least 4 members (excludes halogenated alkanes) is 3. The first-order valence-corrected chi connectivity index (χ1v) is 9.47. The van der Waals surface area contributed by atoms with E-state index < -0.39 is 0 Å². The predicted octanol–water partition coefficient (Wildman–Crippen LogP) is 4.79. The van der Waals surface area contributed by atoms with Crippen LogP contribution in [0.25, 0.3) is 0 Å². The van der Waals surface area contributed by atoms with E-state index in [1.54, 1.807) is 0 Å². The van der Waals surface area contributed by atoms with Gasteiger partial charge in [0.1, 0.15) is 5.75 Å². The maximum absolute atomic E-state index is 11.2. The van der Waals surface area contributed by atoms with Crippen molar-refractivity contribution in [2.45, 2.75) is 65.2 Å². The molecule has 0 radical (unpaired) electrons. The van der Waals surface area contributed by atoms with Crippen LogP contribution in [0.4, 0.5) is 0 Å². The monoisotopic (exact) mass is 331 g/mol. The summed E-state index contributed by atoms with van der Waals surface area (Å²) in [6, 6.07) is 8.10. The maximum Gasteiger partial charge on any atom is 0.308 e. The molecule has 1 aromatic rings. The van der Waals surface area contributed by atoms with Crippen LogP contribution in [0.15, 0.2) is 24.3 Å². The van der Waals surface area contributed by atoms with Gasteiger partial charge in [-0.15, -0.1) is 0 Å². The van der Waals surface area contributed by atoms with Crippen molar-refractivity contribution >= 4 is 5.97 Å². The van der Waals surface area contributed by atoms with Crippen LogP contribution in [0.3, 0.4) is 0 Å². The molecule has 134 valence electrons. The zero-order chi connectivity index (χ0) is 17.6. The van der Waals surface area contributed by atoms with E-state index in [0.717, 1.165) is 19.5 Å². The van der Waals surface area contributed by atoms with E-state index >= 15 is 0 Å². The summed E-state index contributed by atoms with van der Waals surface area (Å²) in [5.74, 6) is 0.993. The Morgan fingerprint density at radius 2 is 2.12 bits per heavy atom. The van der Waals surface area contributed by atoms with Crippen LogP contribution in [0, 0.1) is 5.92 Å². The number of piperidine rings is 1. The summed E-state index contributed by atoms with van der Waals surface area (Å²) in [4.78, 5) is 13.8. The molecule has 1 fully saturated rings. The van der Waals surface area contributed by atoms with E-state index in [4.69, 9.17) is 4.74 Å². The van der Waals surface area contributed by atoms with Crippen molar-refractivity contribution in [1.82, 2.24) is 4.90 Å². The molecule has 3 heteroatoms. The fourth-order valence-corrected chi connectivity index (χ4v) is 3.79. The van der Waals surface area contributed by atoms with Gasteiger partial charge in [0, 0.05) is 13.5 Å². The molecule has 1 aliphatic heterocycles. The molecule has 2 atom stereocenters. The van der Waals surface area contributed by atoms with Crippen molar-refractivity contribution in [3.8, 4) is 5.75 Å². The number of benzene rings is 1. The summed E-state index contributed by atoms with van der Waals surface area (Å²) in [7, 11) is 0. The normalized spacial score (nSPS) is 24.8. The molecule has 2 rings (SSSR count). The molecule has 1 aliphatic rings. The summed E-state index contributed by atoms with van der Waals surface area (Å²) in [6.07, 6.45) is 6.48. The van der Waals surface area contributed by atoms with Gasteiger partial charge in [0.2, 0.25) is 0 Å². The molecule has 1 aromatic carbocycles. The highest BCUT2D eigenvalue weighted by Gasteiger charge is 2.37. The fourth-order valence-electron chi connectivity index (χ4n) is 3.79. The summed E-state index contributed by atoms with van der Waals surface area (Å²) in [5, 5.41) is 0. The van der Waals surface area contributed by atoms with Gasteiger partial charge in [-0.25, -0.2) is 0 Å². The van der Waals surface area contributed by atoms with Crippen molar-refractivity contribution in [2.75, 3.05) is 19.6 Å². The average Bonchev–Trinajstić information content (AvgIpc) is 2.54. The number of hydrogen-bond acceptors (Lipinski definition) is 3. The topological polar surface area (TPSA) is 29.5 Å². The van der Waals surface area contributed by atoms with E-state index in [-0.39, 0.29) is 11.4 Å². The van der Waals surface area contributed by atoms with Gasteiger partial charge >= 0.3 is 5.97 Å². The van der Waals surface area contributed by atoms with Crippen molar-refractivity contribution in [2.24, 2.45) is 5.92 Å². The first-order chi connectivity index (χ1) is 11.5. The molecule has 0 aliphatic carbocycles. The second-order valence-electron chi connectivity index (χ2n) is 7.55. The standard InChI is InChI=1S/C21H33NO2/c1-5-6-7-8-13-22-14-12-21(4,17(2)16-22)19-10-9-11-20(15-19)24-18(3)23/h9-11,15,17H,5-8,12-14,16H2,1-4H3. The minimum absolute atomic E-state index is 0.149. The lowest BCUT2D eigenvalue weighted by Crippen LogP contribution is -2.47. The minimum atomic E-state index is -0.257. The van der Waals surface area contributed by atoms with E-state index in [1.807, 2.05) is 12.1 Å². The Kier molecular flexibility index (Phi) is 6.85. The molecule has 0 amide bonds. The third-order valence-electron chi connectivity index (χ3n) is 5.65. The van der Waals surface area contributed by atoms with Gasteiger partial charge in [-0.3, -0.25) is 4.79 Å². The van der Waals surface area contributed by atoms with Gasteiger partial charge in [-0.05, 0) is 55.0 Å². The molecule has 1 saturated heterocycles. The van der Waals surface area contributed by atoms with E-state index in [1.165, 1.54) is 44.7 Å². The highest BCUT2D eigenvalue weighted by Crippen LogP contribution is 2.40. The third-order valence-corrected chi connectivity index (χ3v) is 5.65.